The summed E-state index contributed by atoms with van der Waals surface area (Å²) in [6.07, 6.45) is 0.345. The van der Waals surface area contributed by atoms with Gasteiger partial charge in [-0.3, -0.25) is 4.79 Å². The van der Waals surface area contributed by atoms with Gasteiger partial charge in [-0.15, -0.1) is 11.6 Å². The van der Waals surface area contributed by atoms with Crippen LogP contribution < -0.4 is 0 Å². The SMILES string of the molecule is CC(C)(CCl)CC(=O)Cl. The van der Waals surface area contributed by atoms with E-state index in [0.717, 1.165) is 0 Å². The second-order valence-electron chi connectivity index (χ2n) is 2.83. The Morgan fingerprint density at radius 2 is 2.00 bits per heavy atom. The number of carbonyl (C=O) groups is 1. The zero-order valence-corrected chi connectivity index (χ0v) is 7.09. The molecule has 0 spiro atoms. The topological polar surface area (TPSA) is 17.1 Å². The molecule has 1 nitrogen and oxygen atoms in total. The molecule has 0 aliphatic carbocycles. The fourth-order valence-corrected chi connectivity index (χ4v) is 0.880. The molecule has 0 N–H and O–H groups in total. The quantitative estimate of drug-likeness (QED) is 0.468. The Labute approximate surface area is 65.3 Å². The summed E-state index contributed by atoms with van der Waals surface area (Å²) in [6, 6.07) is 0. The van der Waals surface area contributed by atoms with E-state index in [2.05, 4.69) is 0 Å². The molecule has 0 saturated heterocycles. The van der Waals surface area contributed by atoms with Crippen LogP contribution in [-0.4, -0.2) is 11.1 Å². The fraction of sp³-hybridized carbons (Fsp3) is 0.833. The molecule has 0 aromatic rings. The van der Waals surface area contributed by atoms with Crippen molar-refractivity contribution in [3.8, 4) is 0 Å². The molecule has 0 aliphatic heterocycles. The lowest BCUT2D eigenvalue weighted by Gasteiger charge is -2.17. The van der Waals surface area contributed by atoms with Gasteiger partial charge < -0.3 is 0 Å². The summed E-state index contributed by atoms with van der Waals surface area (Å²) in [4.78, 5) is 10.3. The molecule has 0 aromatic carbocycles. The molecule has 0 rings (SSSR count). The molecule has 3 heteroatoms. The molecule has 0 aliphatic rings. The summed E-state index contributed by atoms with van der Waals surface area (Å²) >= 11 is 10.7. The molecule has 0 radical (unpaired) electrons. The molecule has 54 valence electrons. The highest BCUT2D eigenvalue weighted by atomic mass is 35.5. The zero-order chi connectivity index (χ0) is 7.49. The lowest BCUT2D eigenvalue weighted by atomic mass is 9.93. The molecule has 0 saturated carbocycles. The van der Waals surface area contributed by atoms with Gasteiger partial charge in [0.1, 0.15) is 0 Å². The van der Waals surface area contributed by atoms with E-state index in [0.29, 0.717) is 12.3 Å². The standard InChI is InChI=1S/C6H10Cl2O/c1-6(2,4-7)3-5(8)9/h3-4H2,1-2H3. The second-order valence-corrected chi connectivity index (χ2v) is 3.52. The van der Waals surface area contributed by atoms with Crippen LogP contribution in [-0.2, 0) is 4.79 Å². The highest BCUT2D eigenvalue weighted by Crippen LogP contribution is 2.22. The van der Waals surface area contributed by atoms with Gasteiger partial charge >= 0.3 is 0 Å². The van der Waals surface area contributed by atoms with Crippen LogP contribution in [0.25, 0.3) is 0 Å². The average molecular weight is 169 g/mol. The Balaban J connectivity index is 3.71. The normalized spacial score (nSPS) is 11.6. The molecule has 0 atom stereocenters. The number of rotatable bonds is 3. The first kappa shape index (κ1) is 9.25. The van der Waals surface area contributed by atoms with Crippen molar-refractivity contribution >= 4 is 28.4 Å². The maximum absolute atomic E-state index is 10.3. The molecule has 0 unspecified atom stereocenters. The van der Waals surface area contributed by atoms with Crippen LogP contribution in [0.4, 0.5) is 0 Å². The maximum Gasteiger partial charge on any atom is 0.222 e. The van der Waals surface area contributed by atoms with Crippen molar-refractivity contribution in [3.05, 3.63) is 0 Å². The minimum absolute atomic E-state index is 0.152. The van der Waals surface area contributed by atoms with Gasteiger partial charge in [-0.2, -0.15) is 0 Å². The lowest BCUT2D eigenvalue weighted by Crippen LogP contribution is -2.15. The second kappa shape index (κ2) is 3.43. The van der Waals surface area contributed by atoms with E-state index in [1.54, 1.807) is 0 Å². The van der Waals surface area contributed by atoms with Crippen LogP contribution in [0.5, 0.6) is 0 Å². The Morgan fingerprint density at radius 3 is 2.11 bits per heavy atom. The van der Waals surface area contributed by atoms with E-state index in [-0.39, 0.29) is 10.7 Å². The lowest BCUT2D eigenvalue weighted by molar-refractivity contribution is -0.113. The van der Waals surface area contributed by atoms with E-state index in [1.165, 1.54) is 0 Å². The predicted octanol–water partition coefficient (Wildman–Crippen LogP) is 2.41. The molecule has 0 bridgehead atoms. The summed E-state index contributed by atoms with van der Waals surface area (Å²) in [7, 11) is 0. The molecule has 0 fully saturated rings. The van der Waals surface area contributed by atoms with E-state index in [1.807, 2.05) is 13.8 Å². The number of alkyl halides is 1. The zero-order valence-electron chi connectivity index (χ0n) is 5.58. The van der Waals surface area contributed by atoms with E-state index in [4.69, 9.17) is 23.2 Å². The summed E-state index contributed by atoms with van der Waals surface area (Å²) < 4.78 is 0. The Bertz CT molecular complexity index is 110. The third-order valence-electron chi connectivity index (χ3n) is 0.979. The molecule has 0 aromatic heterocycles. The summed E-state index contributed by atoms with van der Waals surface area (Å²) in [5.41, 5.74) is -0.152. The number of carbonyl (C=O) groups excluding carboxylic acids is 1. The number of hydrogen-bond donors (Lipinski definition) is 0. The summed E-state index contributed by atoms with van der Waals surface area (Å²) in [6.45, 7) is 3.81. The summed E-state index contributed by atoms with van der Waals surface area (Å²) in [5.74, 6) is 0.464. The monoisotopic (exact) mass is 168 g/mol. The molecular weight excluding hydrogens is 159 g/mol. The minimum Gasteiger partial charge on any atom is -0.281 e. The van der Waals surface area contributed by atoms with Crippen LogP contribution in [0.2, 0.25) is 0 Å². The predicted molar refractivity (Wildman–Crippen MR) is 40.0 cm³/mol. The van der Waals surface area contributed by atoms with Crippen molar-refractivity contribution in [3.63, 3.8) is 0 Å². The number of hydrogen-bond acceptors (Lipinski definition) is 1. The van der Waals surface area contributed by atoms with Crippen molar-refractivity contribution < 1.29 is 4.79 Å². The molecular formula is C6H10Cl2O. The first-order valence-corrected chi connectivity index (χ1v) is 3.63. The molecule has 0 heterocycles. The first-order valence-electron chi connectivity index (χ1n) is 2.72. The smallest absolute Gasteiger partial charge is 0.222 e. The minimum atomic E-state index is -0.319. The Morgan fingerprint density at radius 1 is 1.56 bits per heavy atom. The highest BCUT2D eigenvalue weighted by molar-refractivity contribution is 6.63. The van der Waals surface area contributed by atoms with E-state index in [9.17, 15) is 4.79 Å². The van der Waals surface area contributed by atoms with E-state index < -0.39 is 0 Å². The van der Waals surface area contributed by atoms with Crippen LogP contribution in [0.3, 0.4) is 0 Å². The Hall–Kier alpha value is 0.250. The largest absolute Gasteiger partial charge is 0.281 e. The van der Waals surface area contributed by atoms with Crippen LogP contribution in [0.1, 0.15) is 20.3 Å². The first-order chi connectivity index (χ1) is 3.98. The van der Waals surface area contributed by atoms with Crippen molar-refractivity contribution in [1.82, 2.24) is 0 Å². The van der Waals surface area contributed by atoms with Crippen molar-refractivity contribution in [1.29, 1.82) is 0 Å². The molecule has 9 heavy (non-hydrogen) atoms. The summed E-state index contributed by atoms with van der Waals surface area (Å²) in [5, 5.41) is -0.319. The van der Waals surface area contributed by atoms with Crippen LogP contribution in [0, 0.1) is 5.41 Å². The third-order valence-corrected chi connectivity index (χ3v) is 1.84. The third kappa shape index (κ3) is 4.73. The van der Waals surface area contributed by atoms with Gasteiger partial charge in [0.25, 0.3) is 0 Å². The average Bonchev–Trinajstić information content (AvgIpc) is 1.63. The number of halogens is 2. The van der Waals surface area contributed by atoms with Gasteiger partial charge in [-0.05, 0) is 17.0 Å². The van der Waals surface area contributed by atoms with Gasteiger partial charge in [0.05, 0.1) is 0 Å². The van der Waals surface area contributed by atoms with Crippen molar-refractivity contribution in [2.45, 2.75) is 20.3 Å². The van der Waals surface area contributed by atoms with Gasteiger partial charge in [-0.25, -0.2) is 0 Å². The van der Waals surface area contributed by atoms with E-state index >= 15 is 0 Å². The highest BCUT2D eigenvalue weighted by Gasteiger charge is 2.19. The van der Waals surface area contributed by atoms with Crippen LogP contribution in [0.15, 0.2) is 0 Å². The van der Waals surface area contributed by atoms with Gasteiger partial charge in [-0.1, -0.05) is 13.8 Å². The van der Waals surface area contributed by atoms with Gasteiger partial charge in [0.15, 0.2) is 0 Å². The van der Waals surface area contributed by atoms with Crippen molar-refractivity contribution in [2.75, 3.05) is 5.88 Å². The Kier molecular flexibility index (Phi) is 3.52. The van der Waals surface area contributed by atoms with Crippen molar-refractivity contribution in [2.24, 2.45) is 5.41 Å². The van der Waals surface area contributed by atoms with Gasteiger partial charge in [0, 0.05) is 12.3 Å². The molecule has 0 amide bonds. The van der Waals surface area contributed by atoms with Gasteiger partial charge in [0.2, 0.25) is 5.24 Å². The van der Waals surface area contributed by atoms with Crippen LogP contribution >= 0.6 is 23.2 Å². The maximum atomic E-state index is 10.3. The fourth-order valence-electron chi connectivity index (χ4n) is 0.423.